The minimum atomic E-state index is 0.0990. The fraction of sp³-hybridized carbons (Fsp3) is 0.591. The first-order valence-corrected chi connectivity index (χ1v) is 10.3. The first-order valence-electron chi connectivity index (χ1n) is 10.3. The van der Waals surface area contributed by atoms with Crippen LogP contribution < -0.4 is 5.32 Å². The molecule has 0 unspecified atom stereocenters. The number of nitrogens with zero attached hydrogens (tertiary/aromatic N) is 3. The van der Waals surface area contributed by atoms with Gasteiger partial charge in [-0.3, -0.25) is 4.79 Å². The van der Waals surface area contributed by atoms with Gasteiger partial charge in [0.05, 0.1) is 0 Å². The Morgan fingerprint density at radius 3 is 2.39 bits per heavy atom. The van der Waals surface area contributed by atoms with Gasteiger partial charge in [-0.2, -0.15) is 4.98 Å². The van der Waals surface area contributed by atoms with Gasteiger partial charge in [0.15, 0.2) is 0 Å². The number of hydrogen-bond acceptors (Lipinski definition) is 5. The summed E-state index contributed by atoms with van der Waals surface area (Å²) < 4.78 is 5.38. The highest BCUT2D eigenvalue weighted by atomic mass is 16.5. The lowest BCUT2D eigenvalue weighted by molar-refractivity contribution is 0.0758. The highest BCUT2D eigenvalue weighted by Crippen LogP contribution is 2.28. The molecule has 6 nitrogen and oxygen atoms in total. The van der Waals surface area contributed by atoms with Crippen molar-refractivity contribution in [1.82, 2.24) is 20.4 Å². The van der Waals surface area contributed by atoms with Gasteiger partial charge in [-0.1, -0.05) is 38.1 Å². The Bertz CT molecular complexity index is 808. The zero-order valence-electron chi connectivity index (χ0n) is 17.1. The number of hydrogen-bond donors (Lipinski definition) is 1. The Kier molecular flexibility index (Phi) is 5.23. The minimum Gasteiger partial charge on any atom is -0.339 e. The summed E-state index contributed by atoms with van der Waals surface area (Å²) in [6, 6.07) is 7.58. The molecule has 6 heteroatoms. The molecule has 2 saturated heterocycles. The third-order valence-corrected chi connectivity index (χ3v) is 5.85. The first kappa shape index (κ1) is 19.1. The van der Waals surface area contributed by atoms with Crippen LogP contribution in [-0.4, -0.2) is 47.1 Å². The standard InChI is InChI=1S/C22H30N4O2/c1-22(2,3)12-19-24-20(25-28-19)15-4-6-16(7-5-15)21(27)26-10-8-17-13-23-14-18(17)9-11-26/h4-7,17-18,23H,8-14H2,1-3H3/t17-,18+. The van der Waals surface area contributed by atoms with Gasteiger partial charge in [0.1, 0.15) is 0 Å². The summed E-state index contributed by atoms with van der Waals surface area (Å²) >= 11 is 0. The number of amides is 1. The van der Waals surface area contributed by atoms with Crippen LogP contribution in [0, 0.1) is 17.3 Å². The van der Waals surface area contributed by atoms with Crippen LogP contribution >= 0.6 is 0 Å². The zero-order chi connectivity index (χ0) is 19.7. The summed E-state index contributed by atoms with van der Waals surface area (Å²) in [5.41, 5.74) is 1.70. The SMILES string of the molecule is CC(C)(C)Cc1nc(-c2ccc(C(=O)N3CC[C@@H]4CNC[C@@H]4CC3)cc2)no1. The molecule has 3 heterocycles. The van der Waals surface area contributed by atoms with Gasteiger partial charge in [0.25, 0.3) is 5.91 Å². The molecule has 0 spiro atoms. The second-order valence-corrected chi connectivity index (χ2v) is 9.37. The predicted octanol–water partition coefficient (Wildman–Crippen LogP) is 3.40. The molecule has 2 aliphatic rings. The van der Waals surface area contributed by atoms with E-state index in [0.29, 0.717) is 11.7 Å². The van der Waals surface area contributed by atoms with E-state index in [1.807, 2.05) is 29.2 Å². The van der Waals surface area contributed by atoms with Crippen LogP contribution in [0.25, 0.3) is 11.4 Å². The average molecular weight is 383 g/mol. The molecule has 0 radical (unpaired) electrons. The van der Waals surface area contributed by atoms with E-state index in [1.165, 1.54) is 0 Å². The quantitative estimate of drug-likeness (QED) is 0.881. The molecule has 2 fully saturated rings. The summed E-state index contributed by atoms with van der Waals surface area (Å²) in [5, 5.41) is 7.57. The van der Waals surface area contributed by atoms with Gasteiger partial charge >= 0.3 is 0 Å². The average Bonchev–Trinajstić information content (AvgIpc) is 3.25. The zero-order valence-corrected chi connectivity index (χ0v) is 17.1. The first-order chi connectivity index (χ1) is 13.4. The number of carbonyl (C=O) groups excluding carboxylic acids is 1. The Morgan fingerprint density at radius 2 is 1.79 bits per heavy atom. The lowest BCUT2D eigenvalue weighted by Crippen LogP contribution is -2.32. The van der Waals surface area contributed by atoms with Gasteiger partial charge < -0.3 is 14.7 Å². The number of carbonyl (C=O) groups is 1. The highest BCUT2D eigenvalue weighted by molar-refractivity contribution is 5.94. The van der Waals surface area contributed by atoms with E-state index in [1.54, 1.807) is 0 Å². The molecule has 1 aromatic heterocycles. The second-order valence-electron chi connectivity index (χ2n) is 9.37. The van der Waals surface area contributed by atoms with E-state index < -0.39 is 0 Å². The van der Waals surface area contributed by atoms with Crippen molar-refractivity contribution in [3.05, 3.63) is 35.7 Å². The van der Waals surface area contributed by atoms with Gasteiger partial charge in [-0.05, 0) is 55.3 Å². The molecule has 4 rings (SSSR count). The largest absolute Gasteiger partial charge is 0.339 e. The van der Waals surface area contributed by atoms with Crippen LogP contribution in [0.3, 0.4) is 0 Å². The third-order valence-electron chi connectivity index (χ3n) is 5.85. The summed E-state index contributed by atoms with van der Waals surface area (Å²) in [5.74, 6) is 2.79. The number of likely N-dealkylation sites (tertiary alicyclic amines) is 1. The monoisotopic (exact) mass is 382 g/mol. The molecule has 1 N–H and O–H groups in total. The van der Waals surface area contributed by atoms with Crippen molar-refractivity contribution in [3.8, 4) is 11.4 Å². The predicted molar refractivity (Wildman–Crippen MR) is 108 cm³/mol. The number of nitrogens with one attached hydrogen (secondary N) is 1. The van der Waals surface area contributed by atoms with Crippen molar-refractivity contribution < 1.29 is 9.32 Å². The van der Waals surface area contributed by atoms with Crippen molar-refractivity contribution in [2.75, 3.05) is 26.2 Å². The van der Waals surface area contributed by atoms with Crippen molar-refractivity contribution in [2.24, 2.45) is 17.3 Å². The van der Waals surface area contributed by atoms with Gasteiger partial charge in [0, 0.05) is 30.6 Å². The van der Waals surface area contributed by atoms with E-state index in [-0.39, 0.29) is 11.3 Å². The molecule has 2 atom stereocenters. The lowest BCUT2D eigenvalue weighted by atomic mass is 9.92. The second kappa shape index (κ2) is 7.66. The summed E-state index contributed by atoms with van der Waals surface area (Å²) in [4.78, 5) is 19.5. The fourth-order valence-electron chi connectivity index (χ4n) is 4.26. The number of benzene rings is 1. The fourth-order valence-corrected chi connectivity index (χ4v) is 4.26. The molecule has 2 aromatic rings. The highest BCUT2D eigenvalue weighted by Gasteiger charge is 2.31. The van der Waals surface area contributed by atoms with E-state index in [4.69, 9.17) is 4.52 Å². The summed E-state index contributed by atoms with van der Waals surface area (Å²) in [6.07, 6.45) is 2.94. The van der Waals surface area contributed by atoms with Crippen LogP contribution in [0.1, 0.15) is 49.9 Å². The molecule has 0 aliphatic carbocycles. The molecule has 28 heavy (non-hydrogen) atoms. The van der Waals surface area contributed by atoms with Crippen LogP contribution in [-0.2, 0) is 6.42 Å². The summed E-state index contributed by atoms with van der Waals surface area (Å²) in [6.45, 7) is 10.3. The molecule has 2 aliphatic heterocycles. The molecule has 0 saturated carbocycles. The van der Waals surface area contributed by atoms with E-state index in [2.05, 4.69) is 36.2 Å². The lowest BCUT2D eigenvalue weighted by Gasteiger charge is -2.21. The Hall–Kier alpha value is -2.21. The van der Waals surface area contributed by atoms with Crippen LogP contribution in [0.5, 0.6) is 0 Å². The Morgan fingerprint density at radius 1 is 1.14 bits per heavy atom. The van der Waals surface area contributed by atoms with Crippen LogP contribution in [0.4, 0.5) is 0 Å². The molecule has 1 amide bonds. The van der Waals surface area contributed by atoms with E-state index >= 15 is 0 Å². The van der Waals surface area contributed by atoms with Gasteiger partial charge in [0.2, 0.25) is 11.7 Å². The number of fused-ring (bicyclic) bond motifs is 1. The topological polar surface area (TPSA) is 71.3 Å². The van der Waals surface area contributed by atoms with Crippen LogP contribution in [0.15, 0.2) is 28.8 Å². The maximum absolute atomic E-state index is 12.9. The van der Waals surface area contributed by atoms with Crippen molar-refractivity contribution in [3.63, 3.8) is 0 Å². The molecule has 150 valence electrons. The number of rotatable bonds is 3. The summed E-state index contributed by atoms with van der Waals surface area (Å²) in [7, 11) is 0. The van der Waals surface area contributed by atoms with E-state index in [0.717, 1.165) is 68.4 Å². The smallest absolute Gasteiger partial charge is 0.253 e. The van der Waals surface area contributed by atoms with Crippen molar-refractivity contribution >= 4 is 5.91 Å². The van der Waals surface area contributed by atoms with Crippen molar-refractivity contribution in [2.45, 2.75) is 40.0 Å². The Balaban J connectivity index is 1.42. The molecular formula is C22H30N4O2. The maximum Gasteiger partial charge on any atom is 0.253 e. The minimum absolute atomic E-state index is 0.0990. The van der Waals surface area contributed by atoms with Crippen LogP contribution in [0.2, 0.25) is 0 Å². The maximum atomic E-state index is 12.9. The van der Waals surface area contributed by atoms with Gasteiger partial charge in [-0.25, -0.2) is 0 Å². The normalized spacial score (nSPS) is 22.8. The Labute approximate surface area is 166 Å². The third kappa shape index (κ3) is 4.27. The molecule has 0 bridgehead atoms. The van der Waals surface area contributed by atoms with Gasteiger partial charge in [-0.15, -0.1) is 0 Å². The molecular weight excluding hydrogens is 352 g/mol. The van der Waals surface area contributed by atoms with E-state index in [9.17, 15) is 4.79 Å². The van der Waals surface area contributed by atoms with Crippen molar-refractivity contribution in [1.29, 1.82) is 0 Å². The molecule has 1 aromatic carbocycles. The number of aromatic nitrogens is 2.